The standard InChI is InChI=1S/C19H20N6O2S/c1-13-11-14(2)25-19(23-13)17(12-22-25)18-21-8-10-24(18)9-7-15-3-5-16(6-4-15)28(20,26)27/h3-6,8,10-12H,7,9H2,1-2H3,(H2,20,26,27). The third-order valence-corrected chi connectivity index (χ3v) is 5.56. The van der Waals surface area contributed by atoms with Gasteiger partial charge in [-0.1, -0.05) is 12.1 Å². The lowest BCUT2D eigenvalue weighted by atomic mass is 10.1. The van der Waals surface area contributed by atoms with Crippen LogP contribution in [0.15, 0.2) is 53.8 Å². The van der Waals surface area contributed by atoms with Gasteiger partial charge in [-0.05, 0) is 44.0 Å². The van der Waals surface area contributed by atoms with Gasteiger partial charge in [0, 0.05) is 30.3 Å². The second-order valence-corrected chi connectivity index (χ2v) is 8.28. The van der Waals surface area contributed by atoms with Crippen LogP contribution < -0.4 is 5.14 Å². The Morgan fingerprint density at radius 1 is 1.14 bits per heavy atom. The molecule has 9 heteroatoms. The Morgan fingerprint density at radius 2 is 1.89 bits per heavy atom. The molecule has 0 aliphatic carbocycles. The van der Waals surface area contributed by atoms with Crippen LogP contribution in [0.3, 0.4) is 0 Å². The molecule has 0 aliphatic heterocycles. The number of sulfonamides is 1. The highest BCUT2D eigenvalue weighted by Crippen LogP contribution is 2.23. The molecule has 0 saturated heterocycles. The first-order valence-corrected chi connectivity index (χ1v) is 10.3. The Morgan fingerprint density at radius 3 is 2.61 bits per heavy atom. The van der Waals surface area contributed by atoms with Crippen LogP contribution in [0.5, 0.6) is 0 Å². The fraction of sp³-hybridized carbons (Fsp3) is 0.211. The smallest absolute Gasteiger partial charge is 0.238 e. The number of aromatic nitrogens is 5. The summed E-state index contributed by atoms with van der Waals surface area (Å²) in [6.07, 6.45) is 6.18. The largest absolute Gasteiger partial charge is 0.330 e. The molecule has 8 nitrogen and oxygen atoms in total. The molecule has 4 rings (SSSR count). The van der Waals surface area contributed by atoms with E-state index in [0.717, 1.165) is 40.4 Å². The minimum atomic E-state index is -3.67. The van der Waals surface area contributed by atoms with Crippen LogP contribution in [0.2, 0.25) is 0 Å². The predicted octanol–water partition coefficient (Wildman–Crippen LogP) is 2.10. The predicted molar refractivity (Wildman–Crippen MR) is 105 cm³/mol. The van der Waals surface area contributed by atoms with Gasteiger partial charge in [0.25, 0.3) is 0 Å². The summed E-state index contributed by atoms with van der Waals surface area (Å²) in [6.45, 7) is 4.64. The molecule has 3 heterocycles. The van der Waals surface area contributed by atoms with Gasteiger partial charge in [0.15, 0.2) is 5.65 Å². The third kappa shape index (κ3) is 3.41. The van der Waals surface area contributed by atoms with E-state index in [0.29, 0.717) is 6.54 Å². The highest BCUT2D eigenvalue weighted by atomic mass is 32.2. The van der Waals surface area contributed by atoms with Gasteiger partial charge in [-0.2, -0.15) is 5.10 Å². The van der Waals surface area contributed by atoms with Crippen LogP contribution in [0, 0.1) is 13.8 Å². The van der Waals surface area contributed by atoms with Crippen molar-refractivity contribution in [3.63, 3.8) is 0 Å². The molecule has 0 fully saturated rings. The van der Waals surface area contributed by atoms with Gasteiger partial charge < -0.3 is 4.57 Å². The van der Waals surface area contributed by atoms with Crippen LogP contribution in [-0.2, 0) is 23.0 Å². The van der Waals surface area contributed by atoms with Crippen molar-refractivity contribution in [1.29, 1.82) is 0 Å². The van der Waals surface area contributed by atoms with Crippen molar-refractivity contribution < 1.29 is 8.42 Å². The van der Waals surface area contributed by atoms with Gasteiger partial charge in [0.1, 0.15) is 5.82 Å². The molecule has 144 valence electrons. The van der Waals surface area contributed by atoms with Crippen molar-refractivity contribution in [2.45, 2.75) is 31.7 Å². The normalized spacial score (nSPS) is 12.0. The molecule has 1 aromatic carbocycles. The zero-order valence-electron chi connectivity index (χ0n) is 15.6. The van der Waals surface area contributed by atoms with E-state index >= 15 is 0 Å². The number of benzene rings is 1. The summed E-state index contributed by atoms with van der Waals surface area (Å²) in [4.78, 5) is 9.24. The average molecular weight is 396 g/mol. The van der Waals surface area contributed by atoms with Crippen molar-refractivity contribution in [3.8, 4) is 11.4 Å². The minimum Gasteiger partial charge on any atom is -0.330 e. The summed E-state index contributed by atoms with van der Waals surface area (Å²) in [5.74, 6) is 0.800. The lowest BCUT2D eigenvalue weighted by Gasteiger charge is -2.08. The second-order valence-electron chi connectivity index (χ2n) is 6.72. The lowest BCUT2D eigenvalue weighted by molar-refractivity contribution is 0.597. The molecule has 2 N–H and O–H groups in total. The highest BCUT2D eigenvalue weighted by molar-refractivity contribution is 7.89. The van der Waals surface area contributed by atoms with E-state index in [2.05, 4.69) is 15.1 Å². The fourth-order valence-corrected chi connectivity index (χ4v) is 3.77. The molecule has 3 aromatic heterocycles. The number of nitrogens with zero attached hydrogens (tertiary/aromatic N) is 5. The first kappa shape index (κ1) is 18.3. The summed E-state index contributed by atoms with van der Waals surface area (Å²) in [5, 5.41) is 9.58. The van der Waals surface area contributed by atoms with Crippen molar-refractivity contribution in [2.75, 3.05) is 0 Å². The van der Waals surface area contributed by atoms with Crippen LogP contribution in [0.1, 0.15) is 17.0 Å². The molecule has 0 amide bonds. The maximum absolute atomic E-state index is 11.4. The fourth-order valence-electron chi connectivity index (χ4n) is 3.26. The molecule has 0 spiro atoms. The van der Waals surface area contributed by atoms with Gasteiger partial charge in [-0.3, -0.25) is 0 Å². The van der Waals surface area contributed by atoms with Crippen LogP contribution in [-0.4, -0.2) is 32.6 Å². The number of nitrogens with two attached hydrogens (primary N) is 1. The maximum Gasteiger partial charge on any atom is 0.238 e. The molecular formula is C19H20N6O2S. The van der Waals surface area contributed by atoms with Crippen molar-refractivity contribution in [3.05, 3.63) is 65.9 Å². The summed E-state index contributed by atoms with van der Waals surface area (Å²) in [6, 6.07) is 8.60. The molecule has 0 bridgehead atoms. The number of imidazole rings is 1. The molecule has 4 aromatic rings. The summed E-state index contributed by atoms with van der Waals surface area (Å²) >= 11 is 0. The molecule has 0 atom stereocenters. The number of rotatable bonds is 5. The van der Waals surface area contributed by atoms with E-state index < -0.39 is 10.0 Å². The van der Waals surface area contributed by atoms with Gasteiger partial charge in [-0.25, -0.2) is 28.0 Å². The number of fused-ring (bicyclic) bond motifs is 1. The third-order valence-electron chi connectivity index (χ3n) is 4.63. The second kappa shape index (κ2) is 6.84. The van der Waals surface area contributed by atoms with Gasteiger partial charge in [0.05, 0.1) is 16.7 Å². The van der Waals surface area contributed by atoms with E-state index in [-0.39, 0.29) is 4.90 Å². The van der Waals surface area contributed by atoms with E-state index in [9.17, 15) is 8.42 Å². The minimum absolute atomic E-state index is 0.114. The average Bonchev–Trinajstić information content (AvgIpc) is 3.25. The van der Waals surface area contributed by atoms with Gasteiger partial charge in [0.2, 0.25) is 10.0 Å². The van der Waals surface area contributed by atoms with Crippen LogP contribution >= 0.6 is 0 Å². The van der Waals surface area contributed by atoms with Crippen molar-refractivity contribution in [2.24, 2.45) is 5.14 Å². The van der Waals surface area contributed by atoms with E-state index in [1.165, 1.54) is 12.1 Å². The summed E-state index contributed by atoms with van der Waals surface area (Å²) in [7, 11) is -3.67. The summed E-state index contributed by atoms with van der Waals surface area (Å²) < 4.78 is 26.6. The quantitative estimate of drug-likeness (QED) is 0.556. The van der Waals surface area contributed by atoms with E-state index in [4.69, 9.17) is 5.14 Å². The van der Waals surface area contributed by atoms with Crippen molar-refractivity contribution >= 4 is 15.7 Å². The molecular weight excluding hydrogens is 376 g/mol. The summed E-state index contributed by atoms with van der Waals surface area (Å²) in [5.41, 5.74) is 4.61. The Kier molecular flexibility index (Phi) is 4.48. The topological polar surface area (TPSA) is 108 Å². The Bertz CT molecular complexity index is 1260. The maximum atomic E-state index is 11.4. The SMILES string of the molecule is Cc1cc(C)n2ncc(-c3nccn3CCc3ccc(S(N)(=O)=O)cc3)c2n1. The molecule has 28 heavy (non-hydrogen) atoms. The number of primary sulfonamides is 1. The van der Waals surface area contributed by atoms with Crippen LogP contribution in [0.4, 0.5) is 0 Å². The molecule has 0 aliphatic rings. The van der Waals surface area contributed by atoms with Crippen LogP contribution in [0.25, 0.3) is 17.0 Å². The highest BCUT2D eigenvalue weighted by Gasteiger charge is 2.15. The van der Waals surface area contributed by atoms with E-state index in [1.807, 2.05) is 35.2 Å². The Hall–Kier alpha value is -3.04. The zero-order chi connectivity index (χ0) is 19.9. The van der Waals surface area contributed by atoms with E-state index in [1.54, 1.807) is 24.5 Å². The Labute approximate surface area is 162 Å². The van der Waals surface area contributed by atoms with Crippen molar-refractivity contribution in [1.82, 2.24) is 24.1 Å². The molecule has 0 radical (unpaired) electrons. The number of hydrogen-bond donors (Lipinski definition) is 1. The van der Waals surface area contributed by atoms with Gasteiger partial charge >= 0.3 is 0 Å². The number of hydrogen-bond acceptors (Lipinski definition) is 5. The zero-order valence-corrected chi connectivity index (χ0v) is 16.4. The first-order chi connectivity index (χ1) is 13.3. The lowest BCUT2D eigenvalue weighted by Crippen LogP contribution is -2.12. The number of aryl methyl sites for hydroxylation is 4. The molecule has 0 unspecified atom stereocenters. The van der Waals surface area contributed by atoms with Gasteiger partial charge in [-0.15, -0.1) is 0 Å². The first-order valence-electron chi connectivity index (χ1n) is 8.78. The monoisotopic (exact) mass is 396 g/mol. The molecule has 0 saturated carbocycles. The Balaban J connectivity index is 1.60.